The van der Waals surface area contributed by atoms with Crippen LogP contribution in [0.5, 0.6) is 5.75 Å². The summed E-state index contributed by atoms with van der Waals surface area (Å²) in [6.07, 6.45) is -5.61. The molecule has 2 amide bonds. The van der Waals surface area contributed by atoms with Crippen LogP contribution < -0.4 is 15.4 Å². The molecule has 166 valence electrons. The number of carbonyl (C=O) groups is 2. The Balaban J connectivity index is 1.42. The zero-order valence-electron chi connectivity index (χ0n) is 15.9. The van der Waals surface area contributed by atoms with Gasteiger partial charge in [-0.3, -0.25) is 9.59 Å². The van der Waals surface area contributed by atoms with E-state index in [0.717, 1.165) is 29.2 Å². The predicted molar refractivity (Wildman–Crippen MR) is 110 cm³/mol. The lowest BCUT2D eigenvalue weighted by Crippen LogP contribution is -2.39. The molecule has 3 N–H and O–H groups in total. The molecule has 1 aliphatic rings. The minimum Gasteiger partial charge on any atom is -0.491 e. The van der Waals surface area contributed by atoms with Crippen molar-refractivity contribution in [1.82, 2.24) is 5.32 Å². The van der Waals surface area contributed by atoms with Crippen molar-refractivity contribution < 1.29 is 32.6 Å². The Hall–Kier alpha value is -2.43. The number of ether oxygens (including phenoxy) is 1. The van der Waals surface area contributed by atoms with Crippen LogP contribution in [0.1, 0.15) is 12.0 Å². The maximum atomic E-state index is 12.5. The normalized spacial score (nSPS) is 16.8. The first-order chi connectivity index (χ1) is 14.6. The molecule has 1 heterocycles. The molecular weight excluding hydrogens is 457 g/mol. The Kier molecular flexibility index (Phi) is 7.34. The lowest BCUT2D eigenvalue weighted by atomic mass is 10.2. The average Bonchev–Trinajstić information content (AvgIpc) is 2.71. The van der Waals surface area contributed by atoms with Gasteiger partial charge in [0.2, 0.25) is 11.8 Å². The van der Waals surface area contributed by atoms with Crippen LogP contribution in [-0.2, 0) is 15.8 Å². The smallest absolute Gasteiger partial charge is 0.416 e. The summed E-state index contributed by atoms with van der Waals surface area (Å²) >= 11 is 7.15. The number of rotatable bonds is 7. The number of benzene rings is 2. The van der Waals surface area contributed by atoms with Gasteiger partial charge in [0.15, 0.2) is 0 Å². The Labute approximate surface area is 185 Å². The molecule has 11 heteroatoms. The van der Waals surface area contributed by atoms with Crippen molar-refractivity contribution in [1.29, 1.82) is 0 Å². The second kappa shape index (κ2) is 9.80. The van der Waals surface area contributed by atoms with Crippen LogP contribution >= 0.6 is 23.4 Å². The Morgan fingerprint density at radius 2 is 1.97 bits per heavy atom. The summed E-state index contributed by atoms with van der Waals surface area (Å²) in [5.41, 5.74) is -0.210. The van der Waals surface area contributed by atoms with Gasteiger partial charge in [0.05, 0.1) is 16.5 Å². The SMILES string of the molecule is O=C(CC1Sc2ccc(Cl)cc2NC1=O)NCC(O)COc1ccc(C(F)(F)F)cc1. The van der Waals surface area contributed by atoms with Crippen LogP contribution in [-0.4, -0.2) is 41.4 Å². The highest BCUT2D eigenvalue weighted by Gasteiger charge is 2.30. The lowest BCUT2D eigenvalue weighted by Gasteiger charge is -2.24. The fraction of sp³-hybridized carbons (Fsp3) is 0.300. The lowest BCUT2D eigenvalue weighted by molar-refractivity contribution is -0.137. The fourth-order valence-electron chi connectivity index (χ4n) is 2.72. The maximum Gasteiger partial charge on any atom is 0.416 e. The minimum absolute atomic E-state index is 0.0922. The third kappa shape index (κ3) is 6.52. The number of aliphatic hydroxyl groups excluding tert-OH is 1. The van der Waals surface area contributed by atoms with Crippen molar-refractivity contribution in [3.05, 3.63) is 53.1 Å². The monoisotopic (exact) mass is 474 g/mol. The highest BCUT2D eigenvalue weighted by molar-refractivity contribution is 8.01. The molecule has 2 atom stereocenters. The average molecular weight is 475 g/mol. The van der Waals surface area contributed by atoms with E-state index in [-0.39, 0.29) is 31.2 Å². The molecule has 6 nitrogen and oxygen atoms in total. The number of hydrogen-bond acceptors (Lipinski definition) is 5. The summed E-state index contributed by atoms with van der Waals surface area (Å²) in [7, 11) is 0. The Bertz CT molecular complexity index is 956. The number of fused-ring (bicyclic) bond motifs is 1. The zero-order valence-corrected chi connectivity index (χ0v) is 17.5. The highest BCUT2D eigenvalue weighted by Crippen LogP contribution is 2.38. The van der Waals surface area contributed by atoms with Crippen molar-refractivity contribution in [3.8, 4) is 5.75 Å². The molecule has 0 fully saturated rings. The van der Waals surface area contributed by atoms with Crippen molar-refractivity contribution in [2.75, 3.05) is 18.5 Å². The first-order valence-corrected chi connectivity index (χ1v) is 10.4. The van der Waals surface area contributed by atoms with Crippen LogP contribution in [0, 0.1) is 0 Å². The van der Waals surface area contributed by atoms with E-state index in [1.807, 2.05) is 0 Å². The maximum absolute atomic E-state index is 12.5. The molecule has 0 radical (unpaired) electrons. The largest absolute Gasteiger partial charge is 0.491 e. The molecule has 0 aliphatic carbocycles. The van der Waals surface area contributed by atoms with Gasteiger partial charge in [-0.1, -0.05) is 11.6 Å². The van der Waals surface area contributed by atoms with Crippen molar-refractivity contribution in [2.24, 2.45) is 0 Å². The van der Waals surface area contributed by atoms with Gasteiger partial charge in [0, 0.05) is 22.9 Å². The number of carbonyl (C=O) groups excluding carboxylic acids is 2. The van der Waals surface area contributed by atoms with E-state index >= 15 is 0 Å². The third-order valence-electron chi connectivity index (χ3n) is 4.29. The van der Waals surface area contributed by atoms with Crippen LogP contribution in [0.15, 0.2) is 47.4 Å². The Morgan fingerprint density at radius 1 is 1.26 bits per heavy atom. The van der Waals surface area contributed by atoms with E-state index in [1.54, 1.807) is 18.2 Å². The number of nitrogens with one attached hydrogen (secondary N) is 2. The van der Waals surface area contributed by atoms with Crippen LogP contribution in [0.4, 0.5) is 18.9 Å². The van der Waals surface area contributed by atoms with Gasteiger partial charge in [0.1, 0.15) is 18.5 Å². The van der Waals surface area contributed by atoms with Crippen molar-refractivity contribution >= 4 is 40.9 Å². The number of thioether (sulfide) groups is 1. The standard InChI is InChI=1S/C20H18ClF3N2O4S/c21-12-3-6-16-15(7-12)26-19(29)17(31-16)8-18(28)25-9-13(27)10-30-14-4-1-11(2-5-14)20(22,23)24/h1-7,13,17,27H,8-10H2,(H,25,28)(H,26,29). The van der Waals surface area contributed by atoms with Crippen LogP contribution in [0.2, 0.25) is 5.02 Å². The van der Waals surface area contributed by atoms with Gasteiger partial charge in [-0.15, -0.1) is 11.8 Å². The van der Waals surface area contributed by atoms with Gasteiger partial charge in [0.25, 0.3) is 0 Å². The minimum atomic E-state index is -4.44. The molecule has 0 saturated heterocycles. The van der Waals surface area contributed by atoms with Gasteiger partial charge in [-0.2, -0.15) is 13.2 Å². The van der Waals surface area contributed by atoms with E-state index in [9.17, 15) is 27.9 Å². The van der Waals surface area contributed by atoms with E-state index in [0.29, 0.717) is 10.7 Å². The first-order valence-electron chi connectivity index (χ1n) is 9.13. The summed E-state index contributed by atoms with van der Waals surface area (Å²) in [6, 6.07) is 9.14. The Morgan fingerprint density at radius 3 is 2.65 bits per heavy atom. The van der Waals surface area contributed by atoms with E-state index in [1.165, 1.54) is 11.8 Å². The van der Waals surface area contributed by atoms with Gasteiger partial charge >= 0.3 is 6.18 Å². The third-order valence-corrected chi connectivity index (χ3v) is 5.80. The van der Waals surface area contributed by atoms with Gasteiger partial charge in [-0.25, -0.2) is 0 Å². The highest BCUT2D eigenvalue weighted by atomic mass is 35.5. The number of halogens is 4. The van der Waals surface area contributed by atoms with Crippen LogP contribution in [0.3, 0.4) is 0 Å². The number of aliphatic hydroxyl groups is 1. The summed E-state index contributed by atoms with van der Waals surface area (Å²) in [5.74, 6) is -0.591. The van der Waals surface area contributed by atoms with Crippen molar-refractivity contribution in [3.63, 3.8) is 0 Å². The summed E-state index contributed by atoms with van der Waals surface area (Å²) in [5, 5.41) is 15.0. The summed E-state index contributed by atoms with van der Waals surface area (Å²) in [4.78, 5) is 25.1. The molecule has 0 aromatic heterocycles. The second-order valence-electron chi connectivity index (χ2n) is 6.73. The van der Waals surface area contributed by atoms with E-state index in [2.05, 4.69) is 10.6 Å². The molecule has 3 rings (SSSR count). The summed E-state index contributed by atoms with van der Waals surface area (Å²) in [6.45, 7) is -0.358. The van der Waals surface area contributed by atoms with E-state index in [4.69, 9.17) is 16.3 Å². The zero-order chi connectivity index (χ0) is 22.6. The molecule has 2 aromatic rings. The fourth-order valence-corrected chi connectivity index (χ4v) is 3.98. The predicted octanol–water partition coefficient (Wildman–Crippen LogP) is 3.72. The quantitative estimate of drug-likeness (QED) is 0.569. The molecule has 31 heavy (non-hydrogen) atoms. The number of amides is 2. The van der Waals surface area contributed by atoms with Crippen LogP contribution in [0.25, 0.3) is 0 Å². The first kappa shape index (κ1) is 23.2. The molecule has 2 aromatic carbocycles. The van der Waals surface area contributed by atoms with E-state index < -0.39 is 29.0 Å². The van der Waals surface area contributed by atoms with Gasteiger partial charge in [-0.05, 0) is 42.5 Å². The molecular formula is C20H18ClF3N2O4S. The number of alkyl halides is 3. The topological polar surface area (TPSA) is 87.7 Å². The molecule has 0 bridgehead atoms. The van der Waals surface area contributed by atoms with Gasteiger partial charge < -0.3 is 20.5 Å². The molecule has 0 saturated carbocycles. The second-order valence-corrected chi connectivity index (χ2v) is 8.41. The summed E-state index contributed by atoms with van der Waals surface area (Å²) < 4.78 is 42.9. The molecule has 0 spiro atoms. The molecule has 1 aliphatic heterocycles. The van der Waals surface area contributed by atoms with Crippen molar-refractivity contribution in [2.45, 2.75) is 28.8 Å². The molecule has 2 unspecified atom stereocenters. The number of anilines is 1. The number of hydrogen-bond donors (Lipinski definition) is 3.